The summed E-state index contributed by atoms with van der Waals surface area (Å²) < 4.78 is 10.6. The molecule has 138 valence electrons. The Labute approximate surface area is 153 Å². The molecule has 2 aromatic rings. The Kier molecular flexibility index (Phi) is 7.02. The van der Waals surface area contributed by atoms with Gasteiger partial charge in [0, 0.05) is 24.0 Å². The summed E-state index contributed by atoms with van der Waals surface area (Å²) in [5.74, 6) is 0.339. The lowest BCUT2D eigenvalue weighted by Crippen LogP contribution is -2.33. The molecule has 0 spiro atoms. The van der Waals surface area contributed by atoms with Gasteiger partial charge in [-0.25, -0.2) is 9.59 Å². The molecule has 26 heavy (non-hydrogen) atoms. The van der Waals surface area contributed by atoms with Crippen LogP contribution >= 0.6 is 0 Å². The van der Waals surface area contributed by atoms with Crippen LogP contribution in [0.25, 0.3) is 0 Å². The number of carbonyl (C=O) groups is 2. The minimum Gasteiger partial charge on any atom is -0.446 e. The Morgan fingerprint density at radius 2 is 1.81 bits per heavy atom. The predicted octanol–water partition coefficient (Wildman–Crippen LogP) is 5.06. The van der Waals surface area contributed by atoms with Gasteiger partial charge in [0.1, 0.15) is 11.9 Å². The number of carbonyl (C=O) groups excluding carboxylic acids is 2. The zero-order valence-corrected chi connectivity index (χ0v) is 15.3. The number of hydrogen-bond acceptors (Lipinski definition) is 4. The highest BCUT2D eigenvalue weighted by Gasteiger charge is 2.16. The largest absolute Gasteiger partial charge is 0.446 e. The van der Waals surface area contributed by atoms with Crippen LogP contribution < -0.4 is 15.0 Å². The first-order valence-electron chi connectivity index (χ1n) is 8.65. The number of nitrogens with zero attached hydrogens (tertiary/aromatic N) is 1. The maximum Gasteiger partial charge on any atom is 0.419 e. The number of ether oxygens (including phenoxy) is 2. The lowest BCUT2D eigenvalue weighted by molar-refractivity contribution is 0.118. The van der Waals surface area contributed by atoms with Gasteiger partial charge in [-0.2, -0.15) is 0 Å². The van der Waals surface area contributed by atoms with Gasteiger partial charge in [0.25, 0.3) is 0 Å². The normalized spacial score (nSPS) is 11.3. The van der Waals surface area contributed by atoms with Gasteiger partial charge < -0.3 is 9.47 Å². The molecule has 0 aromatic heterocycles. The first kappa shape index (κ1) is 19.3. The summed E-state index contributed by atoms with van der Waals surface area (Å²) in [5.41, 5.74) is 1.25. The Morgan fingerprint density at radius 3 is 2.46 bits per heavy atom. The smallest absolute Gasteiger partial charge is 0.419 e. The van der Waals surface area contributed by atoms with Crippen molar-refractivity contribution in [3.05, 3.63) is 54.6 Å². The van der Waals surface area contributed by atoms with Crippen LogP contribution in [0.15, 0.2) is 54.6 Å². The van der Waals surface area contributed by atoms with E-state index in [-0.39, 0.29) is 6.10 Å². The zero-order chi connectivity index (χ0) is 18.9. The van der Waals surface area contributed by atoms with E-state index in [2.05, 4.69) is 5.32 Å². The van der Waals surface area contributed by atoms with Gasteiger partial charge in [-0.3, -0.25) is 10.2 Å². The Bertz CT molecular complexity index is 734. The molecule has 0 saturated heterocycles. The summed E-state index contributed by atoms with van der Waals surface area (Å²) in [7, 11) is 0. The van der Waals surface area contributed by atoms with Crippen molar-refractivity contribution in [3.63, 3.8) is 0 Å². The van der Waals surface area contributed by atoms with E-state index < -0.39 is 12.2 Å². The monoisotopic (exact) mass is 356 g/mol. The van der Waals surface area contributed by atoms with Crippen molar-refractivity contribution < 1.29 is 19.1 Å². The van der Waals surface area contributed by atoms with Crippen LogP contribution in [0, 0.1) is 0 Å². The summed E-state index contributed by atoms with van der Waals surface area (Å²) >= 11 is 0. The van der Waals surface area contributed by atoms with Gasteiger partial charge in [0.15, 0.2) is 0 Å². The molecule has 1 atom stereocenters. The SMILES string of the molecule is CCC(C)OC(=O)Nc1cccc(OC(=O)N(CC)c2ccccc2)c1. The summed E-state index contributed by atoms with van der Waals surface area (Å²) in [6.07, 6.45) is -0.461. The highest BCUT2D eigenvalue weighted by Crippen LogP contribution is 2.20. The fourth-order valence-corrected chi connectivity index (χ4v) is 2.23. The first-order chi connectivity index (χ1) is 12.5. The molecule has 1 unspecified atom stereocenters. The van der Waals surface area contributed by atoms with E-state index in [4.69, 9.17) is 9.47 Å². The maximum absolute atomic E-state index is 12.5. The van der Waals surface area contributed by atoms with Gasteiger partial charge >= 0.3 is 12.2 Å². The van der Waals surface area contributed by atoms with Crippen molar-refractivity contribution in [2.24, 2.45) is 0 Å². The fourth-order valence-electron chi connectivity index (χ4n) is 2.23. The Morgan fingerprint density at radius 1 is 1.08 bits per heavy atom. The highest BCUT2D eigenvalue weighted by atomic mass is 16.6. The number of hydrogen-bond donors (Lipinski definition) is 1. The molecule has 6 nitrogen and oxygen atoms in total. The maximum atomic E-state index is 12.5. The van der Waals surface area contributed by atoms with Crippen LogP contribution in [0.5, 0.6) is 5.75 Å². The van der Waals surface area contributed by atoms with Gasteiger partial charge in [-0.15, -0.1) is 0 Å². The van der Waals surface area contributed by atoms with Crippen LogP contribution in [0.3, 0.4) is 0 Å². The van der Waals surface area contributed by atoms with Crippen LogP contribution in [-0.2, 0) is 4.74 Å². The second kappa shape index (κ2) is 9.46. The summed E-state index contributed by atoms with van der Waals surface area (Å²) in [6.45, 7) is 6.10. The number of rotatable bonds is 6. The average molecular weight is 356 g/mol. The number of nitrogens with one attached hydrogen (secondary N) is 1. The highest BCUT2D eigenvalue weighted by molar-refractivity contribution is 5.89. The van der Waals surface area contributed by atoms with Gasteiger partial charge in [0.05, 0.1) is 0 Å². The topological polar surface area (TPSA) is 67.9 Å². The van der Waals surface area contributed by atoms with Crippen molar-refractivity contribution in [1.82, 2.24) is 0 Å². The van der Waals surface area contributed by atoms with Gasteiger partial charge in [-0.05, 0) is 44.5 Å². The number of benzene rings is 2. The van der Waals surface area contributed by atoms with Gasteiger partial charge in [-0.1, -0.05) is 31.2 Å². The fraction of sp³-hybridized carbons (Fsp3) is 0.300. The van der Waals surface area contributed by atoms with E-state index >= 15 is 0 Å². The Hall–Kier alpha value is -3.02. The molecule has 0 bridgehead atoms. The van der Waals surface area contributed by atoms with Gasteiger partial charge in [0.2, 0.25) is 0 Å². The quantitative estimate of drug-likeness (QED) is 0.785. The minimum atomic E-state index is -0.540. The van der Waals surface area contributed by atoms with E-state index in [0.717, 1.165) is 12.1 Å². The third kappa shape index (κ3) is 5.51. The van der Waals surface area contributed by atoms with E-state index in [9.17, 15) is 9.59 Å². The molecule has 0 aliphatic carbocycles. The molecule has 0 saturated carbocycles. The zero-order valence-electron chi connectivity index (χ0n) is 15.3. The molecule has 0 fully saturated rings. The lowest BCUT2D eigenvalue weighted by atomic mass is 10.3. The van der Waals surface area contributed by atoms with Crippen LogP contribution in [-0.4, -0.2) is 24.8 Å². The summed E-state index contributed by atoms with van der Waals surface area (Å²) in [5, 5.41) is 2.63. The molecule has 0 radical (unpaired) electrons. The molecule has 0 heterocycles. The molecule has 2 rings (SSSR count). The van der Waals surface area contributed by atoms with Crippen LogP contribution in [0.1, 0.15) is 27.2 Å². The van der Waals surface area contributed by atoms with E-state index in [1.54, 1.807) is 24.3 Å². The molecule has 0 aliphatic rings. The number of para-hydroxylation sites is 1. The van der Waals surface area contributed by atoms with E-state index in [0.29, 0.717) is 18.0 Å². The molecule has 6 heteroatoms. The molecule has 2 amide bonds. The summed E-state index contributed by atoms with van der Waals surface area (Å²) in [6, 6.07) is 15.9. The number of anilines is 2. The lowest BCUT2D eigenvalue weighted by Gasteiger charge is -2.20. The molecular weight excluding hydrogens is 332 g/mol. The average Bonchev–Trinajstić information content (AvgIpc) is 2.63. The van der Waals surface area contributed by atoms with Crippen molar-refractivity contribution in [2.45, 2.75) is 33.3 Å². The molecular formula is C20H24N2O4. The van der Waals surface area contributed by atoms with E-state index in [1.165, 1.54) is 4.90 Å². The molecule has 2 aromatic carbocycles. The predicted molar refractivity (Wildman–Crippen MR) is 102 cm³/mol. The van der Waals surface area contributed by atoms with Crippen molar-refractivity contribution in [2.75, 3.05) is 16.8 Å². The third-order valence-electron chi connectivity index (χ3n) is 3.77. The number of amides is 2. The van der Waals surface area contributed by atoms with E-state index in [1.807, 2.05) is 51.1 Å². The second-order valence-corrected chi connectivity index (χ2v) is 5.72. The Balaban J connectivity index is 2.03. The van der Waals surface area contributed by atoms with Crippen molar-refractivity contribution in [3.8, 4) is 5.75 Å². The molecule has 1 N–H and O–H groups in total. The van der Waals surface area contributed by atoms with Crippen LogP contribution in [0.4, 0.5) is 21.0 Å². The summed E-state index contributed by atoms with van der Waals surface area (Å²) in [4.78, 5) is 25.8. The second-order valence-electron chi connectivity index (χ2n) is 5.72. The van der Waals surface area contributed by atoms with Crippen LogP contribution in [0.2, 0.25) is 0 Å². The first-order valence-corrected chi connectivity index (χ1v) is 8.65. The standard InChI is InChI=1S/C20H24N2O4/c1-4-15(3)25-19(23)21-16-10-9-13-18(14-16)26-20(24)22(5-2)17-11-7-6-8-12-17/h6-15H,4-5H2,1-3H3,(H,21,23). The van der Waals surface area contributed by atoms with Crippen molar-refractivity contribution >= 4 is 23.6 Å². The molecule has 0 aliphatic heterocycles. The third-order valence-corrected chi connectivity index (χ3v) is 3.77. The van der Waals surface area contributed by atoms with Crippen molar-refractivity contribution in [1.29, 1.82) is 0 Å². The minimum absolute atomic E-state index is 0.167.